The van der Waals surface area contributed by atoms with Crippen LogP contribution in [0.25, 0.3) is 44.8 Å². The average molecular weight is 805 g/mol. The van der Waals surface area contributed by atoms with Gasteiger partial charge in [0.15, 0.2) is 5.82 Å². The Morgan fingerprint density at radius 1 is 0.729 bits per heavy atom. The molecular weight excluding hydrogens is 753 g/mol. The van der Waals surface area contributed by atoms with Crippen LogP contribution in [0.5, 0.6) is 0 Å². The Hall–Kier alpha value is -6.32. The summed E-state index contributed by atoms with van der Waals surface area (Å²) in [6.45, 7) is 8.99. The highest BCUT2D eigenvalue weighted by atomic mass is 16.5. The molecule has 0 aliphatic carbocycles. The number of benzene rings is 2. The third-order valence-electron chi connectivity index (χ3n) is 11.1. The Morgan fingerprint density at radius 3 is 1.98 bits per heavy atom. The molecule has 5 aromatic rings. The molecule has 4 amide bonds. The summed E-state index contributed by atoms with van der Waals surface area (Å²) in [5, 5.41) is 5.42. The molecule has 5 heterocycles. The molecule has 3 aromatic heterocycles. The summed E-state index contributed by atoms with van der Waals surface area (Å²) in [7, 11) is 2.58. The number of aromatic nitrogens is 6. The highest BCUT2D eigenvalue weighted by molar-refractivity contribution is 5.87. The Balaban J connectivity index is 1.02. The van der Waals surface area contributed by atoms with E-state index in [9.17, 15) is 19.2 Å². The van der Waals surface area contributed by atoms with Crippen molar-refractivity contribution in [1.82, 2.24) is 50.3 Å². The second-order valence-corrected chi connectivity index (χ2v) is 16.0. The van der Waals surface area contributed by atoms with Gasteiger partial charge in [0.05, 0.1) is 49.2 Å². The number of ether oxygens (including phenoxy) is 2. The first kappa shape index (κ1) is 40.9. The number of nitrogens with one attached hydrogen (secondary N) is 4. The molecule has 1 unspecified atom stereocenters. The van der Waals surface area contributed by atoms with Crippen LogP contribution in [0.4, 0.5) is 9.59 Å². The molecule has 59 heavy (non-hydrogen) atoms. The zero-order valence-corrected chi connectivity index (χ0v) is 34.3. The second-order valence-electron chi connectivity index (χ2n) is 16.0. The number of imidazole rings is 2. The summed E-state index contributed by atoms with van der Waals surface area (Å²) < 4.78 is 9.55. The van der Waals surface area contributed by atoms with E-state index < -0.39 is 24.3 Å². The number of hydrogen-bond acceptors (Lipinski definition) is 10. The molecule has 16 nitrogen and oxygen atoms in total. The number of H-pyrrole nitrogens is 2. The molecule has 2 saturated heterocycles. The minimum Gasteiger partial charge on any atom is -0.453 e. The number of fused-ring (bicyclic) bond motifs is 1. The van der Waals surface area contributed by atoms with Crippen LogP contribution in [-0.4, -0.2) is 103 Å². The maximum Gasteiger partial charge on any atom is 0.407 e. The van der Waals surface area contributed by atoms with Crippen LogP contribution in [-0.2, 0) is 19.1 Å². The standard InChI is InChI=1S/C43H52N10O6/c1-24(2)19-32(50-42(56)58-5)40(54)52-17-8-10-35(52)39-47-30-16-15-28(20-31(30)48-39)29-21-44-37(45-22-29)27-13-11-26(12-14-27)33-23-46-38(49-33)34-9-7-18-53(34)41(55)36(25(3)4)51-43(57)59-6/h11-16,20-25,32,34-36H,7-10,17-19H2,1-6H3,(H,46,49)(H,47,48)(H,50,56)(H,51,57)/t32-,34?,35-,36-/m0/s1. The zero-order chi connectivity index (χ0) is 41.8. The van der Waals surface area contributed by atoms with Gasteiger partial charge in [-0.15, -0.1) is 0 Å². The Morgan fingerprint density at radius 2 is 1.34 bits per heavy atom. The first-order chi connectivity index (χ1) is 28.4. The van der Waals surface area contributed by atoms with Gasteiger partial charge in [-0.1, -0.05) is 58.0 Å². The number of aromatic amines is 2. The van der Waals surface area contributed by atoms with Crippen LogP contribution < -0.4 is 10.6 Å². The molecule has 310 valence electrons. The van der Waals surface area contributed by atoms with Crippen LogP contribution in [0.3, 0.4) is 0 Å². The first-order valence-corrected chi connectivity index (χ1v) is 20.2. The van der Waals surface area contributed by atoms with E-state index in [1.54, 1.807) is 23.5 Å². The maximum absolute atomic E-state index is 13.7. The van der Waals surface area contributed by atoms with Crippen molar-refractivity contribution in [1.29, 1.82) is 0 Å². The molecule has 0 radical (unpaired) electrons. The second kappa shape index (κ2) is 17.7. The van der Waals surface area contributed by atoms with Gasteiger partial charge in [0.25, 0.3) is 0 Å². The van der Waals surface area contributed by atoms with Gasteiger partial charge in [-0.3, -0.25) is 9.59 Å². The molecule has 0 spiro atoms. The number of likely N-dealkylation sites (tertiary alicyclic amines) is 2. The van der Waals surface area contributed by atoms with Crippen molar-refractivity contribution in [2.75, 3.05) is 27.3 Å². The van der Waals surface area contributed by atoms with Crippen molar-refractivity contribution in [3.63, 3.8) is 0 Å². The van der Waals surface area contributed by atoms with Crippen molar-refractivity contribution in [3.05, 3.63) is 72.7 Å². The fourth-order valence-corrected chi connectivity index (χ4v) is 8.05. The smallest absolute Gasteiger partial charge is 0.407 e. The molecule has 7 rings (SSSR count). The summed E-state index contributed by atoms with van der Waals surface area (Å²) >= 11 is 0. The third kappa shape index (κ3) is 8.91. The molecular formula is C43H52N10O6. The Bertz CT molecular complexity index is 2290. The summed E-state index contributed by atoms with van der Waals surface area (Å²) in [4.78, 5) is 80.6. The van der Waals surface area contributed by atoms with Gasteiger partial charge in [-0.2, -0.15) is 0 Å². The monoisotopic (exact) mass is 804 g/mol. The van der Waals surface area contributed by atoms with Gasteiger partial charge in [-0.05, 0) is 67.2 Å². The summed E-state index contributed by atoms with van der Waals surface area (Å²) in [5.41, 5.74) is 6.00. The van der Waals surface area contributed by atoms with Gasteiger partial charge >= 0.3 is 12.2 Å². The first-order valence-electron chi connectivity index (χ1n) is 20.2. The number of methoxy groups -OCH3 is 2. The minimum absolute atomic E-state index is 0.114. The van der Waals surface area contributed by atoms with E-state index >= 15 is 0 Å². The van der Waals surface area contributed by atoms with Gasteiger partial charge in [0.2, 0.25) is 11.8 Å². The fourth-order valence-electron chi connectivity index (χ4n) is 8.05. The van der Waals surface area contributed by atoms with E-state index in [1.165, 1.54) is 14.2 Å². The largest absolute Gasteiger partial charge is 0.453 e. The number of alkyl carbamates (subject to hydrolysis) is 2. The number of nitrogens with zero attached hydrogens (tertiary/aromatic N) is 6. The van der Waals surface area contributed by atoms with E-state index in [2.05, 4.69) is 35.6 Å². The molecule has 2 aromatic carbocycles. The highest BCUT2D eigenvalue weighted by Crippen LogP contribution is 2.35. The van der Waals surface area contributed by atoms with Crippen molar-refractivity contribution in [2.24, 2.45) is 11.8 Å². The van der Waals surface area contributed by atoms with Crippen molar-refractivity contribution < 1.29 is 28.7 Å². The quantitative estimate of drug-likeness (QED) is 0.107. The molecule has 4 atom stereocenters. The lowest BCUT2D eigenvalue weighted by Gasteiger charge is -2.30. The van der Waals surface area contributed by atoms with Crippen molar-refractivity contribution >= 4 is 35.0 Å². The summed E-state index contributed by atoms with van der Waals surface area (Å²) in [5.74, 6) is 1.80. The van der Waals surface area contributed by atoms with Crippen LogP contribution >= 0.6 is 0 Å². The molecule has 2 fully saturated rings. The summed E-state index contributed by atoms with van der Waals surface area (Å²) in [6.07, 6.45) is 7.84. The van der Waals surface area contributed by atoms with Gasteiger partial charge in [0.1, 0.15) is 23.7 Å². The minimum atomic E-state index is -0.698. The topological polar surface area (TPSA) is 200 Å². The van der Waals surface area contributed by atoms with Gasteiger partial charge in [-0.25, -0.2) is 29.5 Å². The van der Waals surface area contributed by atoms with Gasteiger partial charge < -0.3 is 39.9 Å². The van der Waals surface area contributed by atoms with E-state index in [4.69, 9.17) is 14.5 Å². The number of carbonyl (C=O) groups excluding carboxylic acids is 4. The number of rotatable bonds is 12. The number of hydrogen-bond donors (Lipinski definition) is 4. The molecule has 0 bridgehead atoms. The maximum atomic E-state index is 13.7. The summed E-state index contributed by atoms with van der Waals surface area (Å²) in [6, 6.07) is 12.0. The van der Waals surface area contributed by atoms with E-state index in [0.717, 1.165) is 64.7 Å². The van der Waals surface area contributed by atoms with Gasteiger partial charge in [0, 0.05) is 36.6 Å². The SMILES string of the molecule is COC(=O)N[C@@H](CC(C)C)C(=O)N1CCC[C@H]1c1nc2ccc(-c3cnc(-c4ccc(-c5cnc(C6CCCN6C(=O)[C@@H](NC(=O)OC)C(C)C)[nH]5)cc4)nc3)cc2[nH]1. The average Bonchev–Trinajstić information content (AvgIpc) is 4.08. The zero-order valence-electron chi connectivity index (χ0n) is 34.3. The molecule has 2 aliphatic heterocycles. The lowest BCUT2D eigenvalue weighted by atomic mass is 10.0. The lowest BCUT2D eigenvalue weighted by Crippen LogP contribution is -2.51. The van der Waals surface area contributed by atoms with Crippen molar-refractivity contribution in [2.45, 2.75) is 84.0 Å². The Kier molecular flexibility index (Phi) is 12.2. The van der Waals surface area contributed by atoms with Crippen molar-refractivity contribution in [3.8, 4) is 33.8 Å². The molecule has 2 aliphatic rings. The highest BCUT2D eigenvalue weighted by Gasteiger charge is 2.38. The van der Waals surface area contributed by atoms with E-state index in [0.29, 0.717) is 37.0 Å². The Labute approximate surface area is 342 Å². The molecule has 0 saturated carbocycles. The van der Waals surface area contributed by atoms with Crippen LogP contribution in [0.2, 0.25) is 0 Å². The molecule has 16 heteroatoms. The predicted molar refractivity (Wildman–Crippen MR) is 220 cm³/mol. The normalized spacial score (nSPS) is 17.7. The molecule has 4 N–H and O–H groups in total. The lowest BCUT2D eigenvalue weighted by molar-refractivity contribution is -0.136. The predicted octanol–water partition coefficient (Wildman–Crippen LogP) is 6.56. The van der Waals surface area contributed by atoms with E-state index in [-0.39, 0.29) is 35.7 Å². The number of carbonyl (C=O) groups is 4. The van der Waals surface area contributed by atoms with Crippen LogP contribution in [0, 0.1) is 11.8 Å². The van der Waals surface area contributed by atoms with E-state index in [1.807, 2.05) is 75.1 Å². The van der Waals surface area contributed by atoms with Crippen LogP contribution in [0.1, 0.15) is 83.5 Å². The third-order valence-corrected chi connectivity index (χ3v) is 11.1. The fraction of sp³-hybridized carbons (Fsp3) is 0.442. The number of amides is 4. The van der Waals surface area contributed by atoms with Crippen LogP contribution in [0.15, 0.2) is 61.1 Å².